The summed E-state index contributed by atoms with van der Waals surface area (Å²) in [5, 5.41) is 4.66. The van der Waals surface area contributed by atoms with E-state index in [0.29, 0.717) is 22.2 Å². The number of anilines is 1. The molecule has 0 atom stereocenters. The molecule has 0 spiro atoms. The number of nitrogens with zero attached hydrogens (tertiary/aromatic N) is 2. The molecule has 116 valence electrons. The van der Waals surface area contributed by atoms with Crippen LogP contribution >= 0.6 is 23.4 Å². The van der Waals surface area contributed by atoms with Crippen LogP contribution in [-0.4, -0.2) is 11.1 Å². The number of halogens is 2. The third kappa shape index (κ3) is 3.23. The molecule has 0 unspecified atom stereocenters. The third-order valence-electron chi connectivity index (χ3n) is 3.29. The lowest BCUT2D eigenvalue weighted by molar-refractivity contribution is -0.115. The summed E-state index contributed by atoms with van der Waals surface area (Å²) in [5.74, 6) is 0.300. The molecule has 4 nitrogen and oxygen atoms in total. The molecule has 1 heterocycles. The summed E-state index contributed by atoms with van der Waals surface area (Å²) in [6.45, 7) is 1.39. The van der Waals surface area contributed by atoms with Crippen molar-refractivity contribution in [3.05, 3.63) is 59.6 Å². The highest BCUT2D eigenvalue weighted by Crippen LogP contribution is 2.32. The van der Waals surface area contributed by atoms with Gasteiger partial charge in [0.05, 0.1) is 10.7 Å². The van der Waals surface area contributed by atoms with E-state index in [4.69, 9.17) is 27.9 Å². The molecule has 0 saturated carbocycles. The van der Waals surface area contributed by atoms with Gasteiger partial charge >= 0.3 is 0 Å². The van der Waals surface area contributed by atoms with E-state index < -0.39 is 0 Å². The normalized spacial score (nSPS) is 10.6. The van der Waals surface area contributed by atoms with Gasteiger partial charge in [-0.3, -0.25) is 4.79 Å². The summed E-state index contributed by atoms with van der Waals surface area (Å²) in [5.41, 5.74) is 2.76. The number of rotatable bonds is 3. The quantitative estimate of drug-likeness (QED) is 0.614. The average Bonchev–Trinajstić information content (AvgIpc) is 3.04. The van der Waals surface area contributed by atoms with E-state index in [1.54, 1.807) is 30.3 Å². The molecule has 1 amide bonds. The van der Waals surface area contributed by atoms with Gasteiger partial charge in [-0.2, -0.15) is 0 Å². The van der Waals surface area contributed by atoms with Gasteiger partial charge in [-0.15, -0.1) is 0 Å². The summed E-state index contributed by atoms with van der Waals surface area (Å²) >= 11 is 12.1. The second kappa shape index (κ2) is 6.44. The molecule has 1 aromatic heterocycles. The zero-order chi connectivity index (χ0) is 16.4. The van der Waals surface area contributed by atoms with Crippen molar-refractivity contribution in [1.29, 1.82) is 0 Å². The van der Waals surface area contributed by atoms with Crippen molar-refractivity contribution in [2.45, 2.75) is 6.92 Å². The van der Waals surface area contributed by atoms with Crippen LogP contribution in [0.1, 0.15) is 6.92 Å². The number of amides is 1. The van der Waals surface area contributed by atoms with Gasteiger partial charge in [-0.1, -0.05) is 47.1 Å². The molecule has 23 heavy (non-hydrogen) atoms. The van der Waals surface area contributed by atoms with E-state index >= 15 is 0 Å². The maximum atomic E-state index is 11.4. The molecule has 0 aliphatic rings. The molecule has 3 aromatic rings. The van der Waals surface area contributed by atoms with Crippen LogP contribution in [0.4, 0.5) is 5.69 Å². The number of hydrogen-bond acceptors (Lipinski definition) is 3. The van der Waals surface area contributed by atoms with Crippen LogP contribution in [0.15, 0.2) is 59.1 Å². The standard InChI is InChI=1S/C17H12Cl2N2O2/c1-11(22)21(19)13-6-4-5-12(9-13)17-10-16(20-23-17)14-7-2-3-8-15(14)18/h2-10H,1H3. The van der Waals surface area contributed by atoms with Gasteiger partial charge in [0.1, 0.15) is 5.69 Å². The highest BCUT2D eigenvalue weighted by Gasteiger charge is 2.13. The summed E-state index contributed by atoms with van der Waals surface area (Å²) in [6, 6.07) is 16.3. The van der Waals surface area contributed by atoms with E-state index in [1.807, 2.05) is 24.3 Å². The fourth-order valence-corrected chi connectivity index (χ4v) is 2.51. The van der Waals surface area contributed by atoms with E-state index in [1.165, 1.54) is 6.92 Å². The highest BCUT2D eigenvalue weighted by atomic mass is 35.5. The lowest BCUT2D eigenvalue weighted by atomic mass is 10.1. The van der Waals surface area contributed by atoms with Gasteiger partial charge in [-0.25, -0.2) is 4.42 Å². The Morgan fingerprint density at radius 2 is 1.91 bits per heavy atom. The molecule has 0 N–H and O–H groups in total. The maximum Gasteiger partial charge on any atom is 0.238 e. The topological polar surface area (TPSA) is 46.3 Å². The Morgan fingerprint density at radius 1 is 1.13 bits per heavy atom. The Balaban J connectivity index is 1.97. The summed E-state index contributed by atoms with van der Waals surface area (Å²) < 4.78 is 6.45. The van der Waals surface area contributed by atoms with Crippen molar-refractivity contribution >= 4 is 35.0 Å². The lowest BCUT2D eigenvalue weighted by Crippen LogP contribution is -2.16. The zero-order valence-electron chi connectivity index (χ0n) is 12.2. The van der Waals surface area contributed by atoms with Crippen LogP contribution in [0.3, 0.4) is 0 Å². The van der Waals surface area contributed by atoms with Gasteiger partial charge in [0.25, 0.3) is 0 Å². The van der Waals surface area contributed by atoms with Crippen molar-refractivity contribution in [3.8, 4) is 22.6 Å². The lowest BCUT2D eigenvalue weighted by Gasteiger charge is -2.11. The number of hydrogen-bond donors (Lipinski definition) is 0. The molecule has 0 radical (unpaired) electrons. The molecule has 0 aliphatic heterocycles. The summed E-state index contributed by atoms with van der Waals surface area (Å²) in [4.78, 5) is 11.4. The molecule has 0 fully saturated rings. The first-order valence-corrected chi connectivity index (χ1v) is 7.56. The fraction of sp³-hybridized carbons (Fsp3) is 0.0588. The van der Waals surface area contributed by atoms with E-state index in [9.17, 15) is 4.79 Å². The Morgan fingerprint density at radius 3 is 2.65 bits per heavy atom. The van der Waals surface area contributed by atoms with Crippen molar-refractivity contribution in [1.82, 2.24) is 5.16 Å². The van der Waals surface area contributed by atoms with Gasteiger partial charge in [-0.05, 0) is 18.2 Å². The van der Waals surface area contributed by atoms with Crippen LogP contribution in [-0.2, 0) is 4.79 Å². The smallest absolute Gasteiger partial charge is 0.238 e. The molecule has 2 aromatic carbocycles. The molecule has 6 heteroatoms. The van der Waals surface area contributed by atoms with E-state index in [-0.39, 0.29) is 5.91 Å². The van der Waals surface area contributed by atoms with Crippen molar-refractivity contribution in [2.75, 3.05) is 4.42 Å². The number of aromatic nitrogens is 1. The first kappa shape index (κ1) is 15.6. The van der Waals surface area contributed by atoms with Crippen LogP contribution in [0.2, 0.25) is 5.02 Å². The second-order valence-electron chi connectivity index (χ2n) is 4.91. The largest absolute Gasteiger partial charge is 0.356 e. The molecular weight excluding hydrogens is 335 g/mol. The van der Waals surface area contributed by atoms with Crippen LogP contribution < -0.4 is 4.42 Å². The minimum atomic E-state index is -0.266. The summed E-state index contributed by atoms with van der Waals surface area (Å²) in [7, 11) is 0. The zero-order valence-corrected chi connectivity index (χ0v) is 13.7. The Hall–Kier alpha value is -2.30. The van der Waals surface area contributed by atoms with Gasteiger partial charge in [0.2, 0.25) is 5.91 Å². The average molecular weight is 347 g/mol. The van der Waals surface area contributed by atoms with Crippen LogP contribution in [0, 0.1) is 0 Å². The maximum absolute atomic E-state index is 11.4. The highest BCUT2D eigenvalue weighted by molar-refractivity contribution is 6.36. The van der Waals surface area contributed by atoms with Crippen molar-refractivity contribution in [2.24, 2.45) is 0 Å². The van der Waals surface area contributed by atoms with Gasteiger partial charge in [0, 0.05) is 35.9 Å². The van der Waals surface area contributed by atoms with Gasteiger partial charge in [0.15, 0.2) is 5.76 Å². The SMILES string of the molecule is CC(=O)N(Cl)c1cccc(-c2cc(-c3ccccc3Cl)no2)c1. The Bertz CT molecular complexity index is 861. The molecule has 3 rings (SSSR count). The van der Waals surface area contributed by atoms with Crippen LogP contribution in [0.25, 0.3) is 22.6 Å². The van der Waals surface area contributed by atoms with Crippen molar-refractivity contribution < 1.29 is 9.32 Å². The monoisotopic (exact) mass is 346 g/mol. The minimum Gasteiger partial charge on any atom is -0.356 e. The molecule has 0 saturated heterocycles. The second-order valence-corrected chi connectivity index (χ2v) is 5.65. The third-order valence-corrected chi connectivity index (χ3v) is 4.06. The Kier molecular flexibility index (Phi) is 4.37. The number of carbonyl (C=O) groups is 1. The van der Waals surface area contributed by atoms with E-state index in [2.05, 4.69) is 5.16 Å². The number of benzene rings is 2. The predicted molar refractivity (Wildman–Crippen MR) is 91.4 cm³/mol. The molecule has 0 aliphatic carbocycles. The fourth-order valence-electron chi connectivity index (χ4n) is 2.17. The predicted octanol–water partition coefficient (Wildman–Crippen LogP) is 5.17. The summed E-state index contributed by atoms with van der Waals surface area (Å²) in [6.07, 6.45) is 0. The molecule has 0 bridgehead atoms. The van der Waals surface area contributed by atoms with Gasteiger partial charge < -0.3 is 4.52 Å². The first-order valence-electron chi connectivity index (χ1n) is 6.85. The Labute approximate surface area is 143 Å². The van der Waals surface area contributed by atoms with Crippen LogP contribution in [0.5, 0.6) is 0 Å². The van der Waals surface area contributed by atoms with Crippen molar-refractivity contribution in [3.63, 3.8) is 0 Å². The first-order chi connectivity index (χ1) is 11.1. The minimum absolute atomic E-state index is 0.266. The number of carbonyl (C=O) groups excluding carboxylic acids is 1. The molecular formula is C17H12Cl2N2O2. The van der Waals surface area contributed by atoms with E-state index in [0.717, 1.165) is 15.5 Å².